The molecule has 0 spiro atoms. The van der Waals surface area contributed by atoms with E-state index in [1.54, 1.807) is 18.4 Å². The van der Waals surface area contributed by atoms with E-state index in [4.69, 9.17) is 8.94 Å². The molecule has 2 heterocycles. The van der Waals surface area contributed by atoms with Crippen molar-refractivity contribution in [3.63, 3.8) is 0 Å². The molecular formula is C15H14N2O3S. The van der Waals surface area contributed by atoms with E-state index in [2.05, 4.69) is 10.1 Å². The zero-order chi connectivity index (χ0) is 14.7. The Balaban J connectivity index is 1.65. The molecule has 0 bridgehead atoms. The van der Waals surface area contributed by atoms with Crippen LogP contribution < -0.4 is 0 Å². The molecule has 0 fully saturated rings. The summed E-state index contributed by atoms with van der Waals surface area (Å²) in [6, 6.07) is 11.5. The maximum atomic E-state index is 12.1. The van der Waals surface area contributed by atoms with Crippen molar-refractivity contribution in [2.75, 3.05) is 0 Å². The van der Waals surface area contributed by atoms with E-state index in [-0.39, 0.29) is 5.75 Å². The zero-order valence-electron chi connectivity index (χ0n) is 11.5. The molecule has 0 radical (unpaired) electrons. The molecule has 6 heteroatoms. The van der Waals surface area contributed by atoms with E-state index in [0.29, 0.717) is 23.2 Å². The average molecular weight is 302 g/mol. The smallest absolute Gasteiger partial charge is 0.239 e. The van der Waals surface area contributed by atoms with Gasteiger partial charge in [-0.2, -0.15) is 4.98 Å². The van der Waals surface area contributed by atoms with E-state index in [1.807, 2.05) is 31.2 Å². The van der Waals surface area contributed by atoms with Crippen LogP contribution in [-0.4, -0.2) is 14.3 Å². The van der Waals surface area contributed by atoms with Crippen molar-refractivity contribution < 1.29 is 13.1 Å². The van der Waals surface area contributed by atoms with Crippen molar-refractivity contribution in [1.29, 1.82) is 0 Å². The highest BCUT2D eigenvalue weighted by Gasteiger charge is 2.13. The van der Waals surface area contributed by atoms with Crippen molar-refractivity contribution in [2.24, 2.45) is 0 Å². The Morgan fingerprint density at radius 2 is 2.10 bits per heavy atom. The third-order valence-corrected chi connectivity index (χ3v) is 4.13. The summed E-state index contributed by atoms with van der Waals surface area (Å²) >= 11 is 0. The maximum absolute atomic E-state index is 12.1. The SMILES string of the molecule is Cc1cccc(C[S@@](=O)Cc2nc(-c3ccco3)no2)c1. The van der Waals surface area contributed by atoms with Gasteiger partial charge in [0.15, 0.2) is 5.76 Å². The molecule has 5 nitrogen and oxygen atoms in total. The maximum Gasteiger partial charge on any atom is 0.239 e. The monoisotopic (exact) mass is 302 g/mol. The Hall–Kier alpha value is -2.21. The molecule has 0 aliphatic heterocycles. The minimum absolute atomic E-state index is 0.238. The van der Waals surface area contributed by atoms with Gasteiger partial charge in [0.25, 0.3) is 0 Å². The quantitative estimate of drug-likeness (QED) is 0.724. The van der Waals surface area contributed by atoms with Gasteiger partial charge in [0.05, 0.1) is 6.26 Å². The first-order valence-corrected chi connectivity index (χ1v) is 7.96. The number of furan rings is 1. The first-order chi connectivity index (χ1) is 10.2. The van der Waals surface area contributed by atoms with Gasteiger partial charge in [0.2, 0.25) is 11.7 Å². The predicted molar refractivity (Wildman–Crippen MR) is 78.7 cm³/mol. The number of aromatic nitrogens is 2. The van der Waals surface area contributed by atoms with E-state index >= 15 is 0 Å². The molecule has 0 N–H and O–H groups in total. The highest BCUT2D eigenvalue weighted by molar-refractivity contribution is 7.83. The fourth-order valence-electron chi connectivity index (χ4n) is 2.00. The fourth-order valence-corrected chi connectivity index (χ4v) is 3.04. The van der Waals surface area contributed by atoms with Crippen LogP contribution in [0.2, 0.25) is 0 Å². The van der Waals surface area contributed by atoms with Gasteiger partial charge in [-0.3, -0.25) is 4.21 Å². The van der Waals surface area contributed by atoms with Crippen LogP contribution in [0.15, 0.2) is 51.6 Å². The highest BCUT2D eigenvalue weighted by Crippen LogP contribution is 2.17. The molecule has 0 aliphatic rings. The topological polar surface area (TPSA) is 69.1 Å². The third-order valence-electron chi connectivity index (χ3n) is 2.90. The van der Waals surface area contributed by atoms with Crippen LogP contribution in [0.5, 0.6) is 0 Å². The van der Waals surface area contributed by atoms with Crippen LogP contribution in [0.4, 0.5) is 0 Å². The molecule has 0 saturated carbocycles. The molecule has 0 amide bonds. The summed E-state index contributed by atoms with van der Waals surface area (Å²) in [5, 5.41) is 3.82. The standard InChI is InChI=1S/C15H14N2O3S/c1-11-4-2-5-12(8-11)9-21(18)10-14-16-15(17-20-14)13-6-3-7-19-13/h2-8H,9-10H2,1H3/t21-/m1/s1. The van der Waals surface area contributed by atoms with Gasteiger partial charge in [-0.1, -0.05) is 35.0 Å². The molecule has 21 heavy (non-hydrogen) atoms. The van der Waals surface area contributed by atoms with Gasteiger partial charge < -0.3 is 8.94 Å². The Bertz CT molecular complexity index is 750. The van der Waals surface area contributed by atoms with E-state index < -0.39 is 10.8 Å². The molecule has 0 unspecified atom stereocenters. The van der Waals surface area contributed by atoms with E-state index in [1.165, 1.54) is 0 Å². The highest BCUT2D eigenvalue weighted by atomic mass is 32.2. The first-order valence-electron chi connectivity index (χ1n) is 6.48. The van der Waals surface area contributed by atoms with Crippen LogP contribution in [0.1, 0.15) is 17.0 Å². The lowest BCUT2D eigenvalue weighted by atomic mass is 10.2. The summed E-state index contributed by atoms with van der Waals surface area (Å²) < 4.78 is 22.4. The predicted octanol–water partition coefficient (Wildman–Crippen LogP) is 3.09. The van der Waals surface area contributed by atoms with Crippen molar-refractivity contribution in [3.05, 3.63) is 59.7 Å². The van der Waals surface area contributed by atoms with Crippen molar-refractivity contribution in [1.82, 2.24) is 10.1 Å². The van der Waals surface area contributed by atoms with Gasteiger partial charge in [0.1, 0.15) is 5.75 Å². The summed E-state index contributed by atoms with van der Waals surface area (Å²) in [6.07, 6.45) is 1.54. The zero-order valence-corrected chi connectivity index (χ0v) is 12.3. The first kappa shape index (κ1) is 13.8. The van der Waals surface area contributed by atoms with Gasteiger partial charge in [0, 0.05) is 16.6 Å². The molecule has 1 aromatic carbocycles. The lowest BCUT2D eigenvalue weighted by molar-refractivity contribution is 0.389. The van der Waals surface area contributed by atoms with Crippen LogP contribution in [0.3, 0.4) is 0 Å². The lowest BCUT2D eigenvalue weighted by Gasteiger charge is -2.01. The molecule has 1 atom stereocenters. The van der Waals surface area contributed by atoms with Crippen LogP contribution in [-0.2, 0) is 22.3 Å². The van der Waals surface area contributed by atoms with Gasteiger partial charge in [-0.15, -0.1) is 0 Å². The second-order valence-corrected chi connectivity index (χ2v) is 6.16. The number of benzene rings is 1. The van der Waals surface area contributed by atoms with E-state index in [9.17, 15) is 4.21 Å². The van der Waals surface area contributed by atoms with Gasteiger partial charge >= 0.3 is 0 Å². The summed E-state index contributed by atoms with van der Waals surface area (Å²) in [6.45, 7) is 2.01. The van der Waals surface area contributed by atoms with Gasteiger partial charge in [-0.05, 0) is 24.6 Å². The summed E-state index contributed by atoms with van der Waals surface area (Å²) in [4.78, 5) is 4.19. The van der Waals surface area contributed by atoms with Crippen molar-refractivity contribution >= 4 is 10.8 Å². The van der Waals surface area contributed by atoms with Crippen LogP contribution in [0, 0.1) is 6.92 Å². The molecule has 108 valence electrons. The Labute approximate surface area is 124 Å². The van der Waals surface area contributed by atoms with E-state index in [0.717, 1.165) is 11.1 Å². The third kappa shape index (κ3) is 3.46. The van der Waals surface area contributed by atoms with Crippen molar-refractivity contribution in [3.8, 4) is 11.6 Å². The fraction of sp³-hybridized carbons (Fsp3) is 0.200. The van der Waals surface area contributed by atoms with Crippen molar-refractivity contribution in [2.45, 2.75) is 18.4 Å². The molecule has 0 aliphatic carbocycles. The second-order valence-electron chi connectivity index (χ2n) is 4.71. The average Bonchev–Trinajstić information content (AvgIpc) is 3.08. The number of rotatable bonds is 5. The van der Waals surface area contributed by atoms with Crippen LogP contribution >= 0.6 is 0 Å². The Morgan fingerprint density at radius 3 is 2.86 bits per heavy atom. The second kappa shape index (κ2) is 6.05. The molecular weight excluding hydrogens is 288 g/mol. The minimum Gasteiger partial charge on any atom is -0.461 e. The summed E-state index contributed by atoms with van der Waals surface area (Å²) in [5.41, 5.74) is 2.20. The molecule has 0 saturated heterocycles. The summed E-state index contributed by atoms with van der Waals surface area (Å²) in [7, 11) is -1.09. The molecule has 3 aromatic rings. The number of hydrogen-bond donors (Lipinski definition) is 0. The molecule has 2 aromatic heterocycles. The van der Waals surface area contributed by atoms with Gasteiger partial charge in [-0.25, -0.2) is 0 Å². The summed E-state index contributed by atoms with van der Waals surface area (Å²) in [5.74, 6) is 1.98. The number of nitrogens with zero attached hydrogens (tertiary/aromatic N) is 2. The number of aryl methyl sites for hydroxylation is 1. The molecule has 3 rings (SSSR count). The Kier molecular flexibility index (Phi) is 3.96. The Morgan fingerprint density at radius 1 is 1.19 bits per heavy atom. The lowest BCUT2D eigenvalue weighted by Crippen LogP contribution is -2.00. The largest absolute Gasteiger partial charge is 0.461 e. The van der Waals surface area contributed by atoms with Crippen LogP contribution in [0.25, 0.3) is 11.6 Å². The number of hydrogen-bond acceptors (Lipinski definition) is 5. The minimum atomic E-state index is -1.09. The normalized spacial score (nSPS) is 12.4.